The van der Waals surface area contributed by atoms with Gasteiger partial charge in [0, 0.05) is 21.6 Å². The lowest BCUT2D eigenvalue weighted by molar-refractivity contribution is 1.23. The molecule has 0 unspecified atom stereocenters. The second kappa shape index (κ2) is 6.52. The van der Waals surface area contributed by atoms with Crippen LogP contribution in [0.2, 0.25) is 5.02 Å². The van der Waals surface area contributed by atoms with Gasteiger partial charge in [0.2, 0.25) is 0 Å². The molecule has 3 rings (SSSR count). The highest BCUT2D eigenvalue weighted by Crippen LogP contribution is 2.30. The molecule has 5 heteroatoms. The zero-order chi connectivity index (χ0) is 14.7. The van der Waals surface area contributed by atoms with Gasteiger partial charge in [-0.25, -0.2) is 4.98 Å². The van der Waals surface area contributed by atoms with Crippen molar-refractivity contribution in [1.82, 2.24) is 4.98 Å². The summed E-state index contributed by atoms with van der Waals surface area (Å²) in [7, 11) is 0. The molecule has 106 valence electrons. The Morgan fingerprint density at radius 3 is 2.71 bits per heavy atom. The number of rotatable bonds is 4. The standard InChI is InChI=1S/C16H13ClN2S2/c17-14-8-13(6-7-15(14)18)20-9-12-10-21-16(19-12)11-4-2-1-3-5-11/h1-8,10H,9,18H2. The van der Waals surface area contributed by atoms with E-state index in [-0.39, 0.29) is 0 Å². The van der Waals surface area contributed by atoms with Crippen LogP contribution in [0.1, 0.15) is 5.69 Å². The Morgan fingerprint density at radius 2 is 1.95 bits per heavy atom. The van der Waals surface area contributed by atoms with Crippen LogP contribution in [-0.4, -0.2) is 4.98 Å². The van der Waals surface area contributed by atoms with Crippen LogP contribution >= 0.6 is 34.7 Å². The molecule has 0 saturated heterocycles. The molecule has 0 atom stereocenters. The Hall–Kier alpha value is -1.49. The Balaban J connectivity index is 1.69. The molecule has 0 fully saturated rings. The highest BCUT2D eigenvalue weighted by atomic mass is 35.5. The van der Waals surface area contributed by atoms with Crippen LogP contribution in [0.5, 0.6) is 0 Å². The number of aromatic nitrogens is 1. The molecule has 0 saturated carbocycles. The maximum atomic E-state index is 6.03. The molecule has 1 aromatic heterocycles. The van der Waals surface area contributed by atoms with Crippen LogP contribution in [0.3, 0.4) is 0 Å². The first-order valence-corrected chi connectivity index (χ1v) is 8.64. The second-order valence-electron chi connectivity index (χ2n) is 4.48. The highest BCUT2D eigenvalue weighted by Gasteiger charge is 2.06. The largest absolute Gasteiger partial charge is 0.398 e. The minimum Gasteiger partial charge on any atom is -0.398 e. The van der Waals surface area contributed by atoms with Crippen molar-refractivity contribution in [1.29, 1.82) is 0 Å². The number of nitrogen functional groups attached to an aromatic ring is 1. The zero-order valence-corrected chi connectivity index (χ0v) is 13.5. The molecule has 21 heavy (non-hydrogen) atoms. The summed E-state index contributed by atoms with van der Waals surface area (Å²) in [6, 6.07) is 15.9. The number of halogens is 1. The van der Waals surface area contributed by atoms with Gasteiger partial charge in [-0.15, -0.1) is 23.1 Å². The van der Waals surface area contributed by atoms with Gasteiger partial charge in [0.1, 0.15) is 5.01 Å². The number of hydrogen-bond acceptors (Lipinski definition) is 4. The third-order valence-electron chi connectivity index (χ3n) is 2.93. The van der Waals surface area contributed by atoms with Gasteiger partial charge in [-0.05, 0) is 18.2 Å². The van der Waals surface area contributed by atoms with Crippen LogP contribution in [0.25, 0.3) is 10.6 Å². The van der Waals surface area contributed by atoms with Crippen molar-refractivity contribution in [2.45, 2.75) is 10.6 Å². The van der Waals surface area contributed by atoms with Crippen molar-refractivity contribution in [3.8, 4) is 10.6 Å². The Kier molecular flexibility index (Phi) is 4.48. The van der Waals surface area contributed by atoms with E-state index in [1.54, 1.807) is 23.1 Å². The van der Waals surface area contributed by atoms with Gasteiger partial charge in [-0.1, -0.05) is 41.9 Å². The van der Waals surface area contributed by atoms with Gasteiger partial charge >= 0.3 is 0 Å². The Labute approximate surface area is 137 Å². The normalized spacial score (nSPS) is 10.7. The summed E-state index contributed by atoms with van der Waals surface area (Å²) < 4.78 is 0. The van der Waals surface area contributed by atoms with E-state index in [2.05, 4.69) is 22.5 Å². The molecule has 1 heterocycles. The molecule has 2 aromatic carbocycles. The van der Waals surface area contributed by atoms with Crippen LogP contribution in [-0.2, 0) is 5.75 Å². The average molecular weight is 333 g/mol. The fraction of sp³-hybridized carbons (Fsp3) is 0.0625. The summed E-state index contributed by atoms with van der Waals surface area (Å²) in [6.45, 7) is 0. The van der Waals surface area contributed by atoms with E-state index in [0.717, 1.165) is 26.9 Å². The summed E-state index contributed by atoms with van der Waals surface area (Å²) in [5.74, 6) is 0.823. The highest BCUT2D eigenvalue weighted by molar-refractivity contribution is 7.98. The van der Waals surface area contributed by atoms with E-state index in [9.17, 15) is 0 Å². The van der Waals surface area contributed by atoms with Crippen molar-refractivity contribution >= 4 is 40.4 Å². The molecule has 2 N–H and O–H groups in total. The van der Waals surface area contributed by atoms with E-state index in [1.165, 1.54) is 0 Å². The maximum absolute atomic E-state index is 6.03. The lowest BCUT2D eigenvalue weighted by Gasteiger charge is -2.02. The molecule has 0 bridgehead atoms. The zero-order valence-electron chi connectivity index (χ0n) is 11.1. The smallest absolute Gasteiger partial charge is 0.123 e. The number of thioether (sulfide) groups is 1. The monoisotopic (exact) mass is 332 g/mol. The first kappa shape index (κ1) is 14.4. The molecule has 0 radical (unpaired) electrons. The summed E-state index contributed by atoms with van der Waals surface area (Å²) in [4.78, 5) is 5.78. The number of benzene rings is 2. The molecule has 0 amide bonds. The van der Waals surface area contributed by atoms with Crippen molar-refractivity contribution < 1.29 is 0 Å². The number of nitrogens with zero attached hydrogens (tertiary/aromatic N) is 1. The third kappa shape index (κ3) is 3.59. The van der Waals surface area contributed by atoms with Crippen molar-refractivity contribution in [3.05, 3.63) is 64.6 Å². The predicted octanol–water partition coefficient (Wildman–Crippen LogP) is 5.34. The summed E-state index contributed by atoms with van der Waals surface area (Å²) >= 11 is 9.41. The average Bonchev–Trinajstić information content (AvgIpc) is 2.98. The topological polar surface area (TPSA) is 38.9 Å². The van der Waals surface area contributed by atoms with E-state index < -0.39 is 0 Å². The first-order valence-electron chi connectivity index (χ1n) is 6.40. The summed E-state index contributed by atoms with van der Waals surface area (Å²) in [5, 5.41) is 3.76. The molecule has 2 nitrogen and oxygen atoms in total. The van der Waals surface area contributed by atoms with E-state index in [1.807, 2.05) is 36.4 Å². The second-order valence-corrected chi connectivity index (χ2v) is 6.80. The molecule has 0 aliphatic heterocycles. The van der Waals surface area contributed by atoms with Gasteiger partial charge in [0.15, 0.2) is 0 Å². The van der Waals surface area contributed by atoms with E-state index in [0.29, 0.717) is 10.7 Å². The van der Waals surface area contributed by atoms with Crippen molar-refractivity contribution in [3.63, 3.8) is 0 Å². The van der Waals surface area contributed by atoms with Crippen molar-refractivity contribution in [2.75, 3.05) is 5.73 Å². The van der Waals surface area contributed by atoms with E-state index >= 15 is 0 Å². The third-order valence-corrected chi connectivity index (χ3v) is 5.23. The van der Waals surface area contributed by atoms with Crippen LogP contribution in [0, 0.1) is 0 Å². The van der Waals surface area contributed by atoms with Crippen LogP contribution < -0.4 is 5.73 Å². The fourth-order valence-corrected chi connectivity index (χ4v) is 3.85. The number of thiazole rings is 1. The van der Waals surface area contributed by atoms with Gasteiger partial charge in [0.25, 0.3) is 0 Å². The lowest BCUT2D eigenvalue weighted by Crippen LogP contribution is -1.86. The molecule has 0 aliphatic carbocycles. The molecular formula is C16H13ClN2S2. The van der Waals surface area contributed by atoms with Crippen LogP contribution in [0.4, 0.5) is 5.69 Å². The molecular weight excluding hydrogens is 320 g/mol. The van der Waals surface area contributed by atoms with E-state index in [4.69, 9.17) is 17.3 Å². The van der Waals surface area contributed by atoms with Gasteiger partial charge in [-0.2, -0.15) is 0 Å². The Morgan fingerprint density at radius 1 is 1.14 bits per heavy atom. The first-order chi connectivity index (χ1) is 10.2. The SMILES string of the molecule is Nc1ccc(SCc2csc(-c3ccccc3)n2)cc1Cl. The van der Waals surface area contributed by atoms with Crippen LogP contribution in [0.15, 0.2) is 58.8 Å². The molecule has 3 aromatic rings. The summed E-state index contributed by atoms with van der Waals surface area (Å²) in [6.07, 6.45) is 0. The predicted molar refractivity (Wildman–Crippen MR) is 93.0 cm³/mol. The lowest BCUT2D eigenvalue weighted by atomic mass is 10.2. The van der Waals surface area contributed by atoms with Crippen molar-refractivity contribution in [2.24, 2.45) is 0 Å². The fourth-order valence-electron chi connectivity index (χ4n) is 1.84. The quantitative estimate of drug-likeness (QED) is 0.518. The minimum atomic E-state index is 0.600. The molecule has 0 aliphatic rings. The number of anilines is 1. The molecule has 0 spiro atoms. The maximum Gasteiger partial charge on any atom is 0.123 e. The number of nitrogens with two attached hydrogens (primary N) is 1. The summed E-state index contributed by atoms with van der Waals surface area (Å²) in [5.41, 5.74) is 8.57. The van der Waals surface area contributed by atoms with Gasteiger partial charge in [0.05, 0.1) is 16.4 Å². The minimum absolute atomic E-state index is 0.600. The van der Waals surface area contributed by atoms with Gasteiger partial charge < -0.3 is 5.73 Å². The number of hydrogen-bond donors (Lipinski definition) is 1. The van der Waals surface area contributed by atoms with Gasteiger partial charge in [-0.3, -0.25) is 0 Å². The Bertz CT molecular complexity index is 741.